The highest BCUT2D eigenvalue weighted by Crippen LogP contribution is 2.45. The van der Waals surface area contributed by atoms with Crippen LogP contribution in [0.25, 0.3) is 0 Å². The summed E-state index contributed by atoms with van der Waals surface area (Å²) < 4.78 is 68.6. The predicted molar refractivity (Wildman–Crippen MR) is 445 cm³/mol. The topological polar surface area (TPSA) is 237 Å². The van der Waals surface area contributed by atoms with Crippen LogP contribution in [0.3, 0.4) is 0 Å². The van der Waals surface area contributed by atoms with Gasteiger partial charge in [-0.2, -0.15) is 0 Å². The first-order valence-electron chi connectivity index (χ1n) is 41.4. The Balaban J connectivity index is 5.47. The van der Waals surface area contributed by atoms with Crippen LogP contribution in [0.5, 0.6) is 0 Å². The first-order chi connectivity index (χ1) is 52.7. The van der Waals surface area contributed by atoms with Gasteiger partial charge in [0.2, 0.25) is 0 Å². The fourth-order valence-electron chi connectivity index (χ4n) is 10.5. The van der Waals surface area contributed by atoms with Crippen molar-refractivity contribution in [1.29, 1.82) is 0 Å². The molecule has 0 radical (unpaired) electrons. The van der Waals surface area contributed by atoms with Crippen LogP contribution >= 0.6 is 15.6 Å². The normalized spacial score (nSPS) is 14.7. The molecule has 0 aromatic carbocycles. The number of phosphoric acid groups is 2. The number of allylic oxidation sites excluding steroid dienone is 28. The maximum absolute atomic E-state index is 13.1. The number of phosphoric ester groups is 2. The summed E-state index contributed by atoms with van der Waals surface area (Å²) in [5.41, 5.74) is 0. The van der Waals surface area contributed by atoms with Crippen molar-refractivity contribution >= 4 is 39.5 Å². The van der Waals surface area contributed by atoms with Crippen LogP contribution in [0.15, 0.2) is 170 Å². The van der Waals surface area contributed by atoms with Crippen LogP contribution in [-0.2, 0) is 65.4 Å². The molecule has 0 aromatic heterocycles. The van der Waals surface area contributed by atoms with Gasteiger partial charge in [-0.1, -0.05) is 313 Å². The van der Waals surface area contributed by atoms with Crippen molar-refractivity contribution in [2.45, 2.75) is 329 Å². The van der Waals surface area contributed by atoms with Gasteiger partial charge < -0.3 is 33.8 Å². The van der Waals surface area contributed by atoms with E-state index >= 15 is 0 Å². The number of rotatable bonds is 76. The Labute approximate surface area is 654 Å². The van der Waals surface area contributed by atoms with Gasteiger partial charge in [-0.05, 0) is 141 Å². The van der Waals surface area contributed by atoms with Gasteiger partial charge in [0.25, 0.3) is 0 Å². The summed E-state index contributed by atoms with van der Waals surface area (Å²) in [4.78, 5) is 73.1. The molecular formula is C89H146O17P2. The monoisotopic (exact) mass is 1550 g/mol. The van der Waals surface area contributed by atoms with Crippen molar-refractivity contribution in [3.05, 3.63) is 170 Å². The average molecular weight is 1550 g/mol. The predicted octanol–water partition coefficient (Wildman–Crippen LogP) is 24.6. The first-order valence-corrected chi connectivity index (χ1v) is 44.4. The van der Waals surface area contributed by atoms with Crippen molar-refractivity contribution < 1.29 is 80.2 Å². The van der Waals surface area contributed by atoms with Crippen molar-refractivity contribution in [2.24, 2.45) is 0 Å². The molecule has 0 heterocycles. The smallest absolute Gasteiger partial charge is 0.462 e. The fraction of sp³-hybridized carbons (Fsp3) is 0.640. The van der Waals surface area contributed by atoms with Crippen LogP contribution in [-0.4, -0.2) is 96.7 Å². The molecule has 19 heteroatoms. The third-order valence-corrected chi connectivity index (χ3v) is 18.6. The second kappa shape index (κ2) is 79.5. The maximum Gasteiger partial charge on any atom is 0.472 e. The largest absolute Gasteiger partial charge is 0.472 e. The van der Waals surface area contributed by atoms with E-state index in [1.54, 1.807) is 0 Å². The van der Waals surface area contributed by atoms with E-state index in [0.29, 0.717) is 32.1 Å². The fourth-order valence-corrected chi connectivity index (χ4v) is 12.1. The van der Waals surface area contributed by atoms with Gasteiger partial charge in [-0.3, -0.25) is 37.3 Å². The number of carbonyl (C=O) groups is 4. The van der Waals surface area contributed by atoms with Crippen LogP contribution in [0, 0.1) is 0 Å². The van der Waals surface area contributed by atoms with Crippen LogP contribution in [0.4, 0.5) is 0 Å². The lowest BCUT2D eigenvalue weighted by molar-refractivity contribution is -0.161. The van der Waals surface area contributed by atoms with Crippen molar-refractivity contribution in [2.75, 3.05) is 39.6 Å². The third-order valence-electron chi connectivity index (χ3n) is 16.7. The highest BCUT2D eigenvalue weighted by Gasteiger charge is 2.30. The van der Waals surface area contributed by atoms with E-state index in [2.05, 4.69) is 180 Å². The Morgan fingerprint density at radius 2 is 0.500 bits per heavy atom. The molecule has 0 amide bonds. The molecule has 17 nitrogen and oxygen atoms in total. The number of ether oxygens (including phenoxy) is 4. The molecule has 0 saturated heterocycles. The molecule has 0 spiro atoms. The first kappa shape index (κ1) is 102. The summed E-state index contributed by atoms with van der Waals surface area (Å²) in [6, 6.07) is 0. The van der Waals surface area contributed by atoms with Crippen LogP contribution in [0.1, 0.15) is 310 Å². The number of carbonyl (C=O) groups excluding carboxylic acids is 4. The molecule has 5 unspecified atom stereocenters. The zero-order valence-electron chi connectivity index (χ0n) is 67.2. The number of hydrogen-bond donors (Lipinski definition) is 3. The van der Waals surface area contributed by atoms with Crippen molar-refractivity contribution in [3.8, 4) is 0 Å². The van der Waals surface area contributed by atoms with Gasteiger partial charge in [-0.25, -0.2) is 9.13 Å². The molecule has 0 aliphatic rings. The van der Waals surface area contributed by atoms with Crippen molar-refractivity contribution in [3.63, 3.8) is 0 Å². The second-order valence-corrected chi connectivity index (χ2v) is 29.8. The molecule has 0 aromatic rings. The number of esters is 4. The van der Waals surface area contributed by atoms with Gasteiger partial charge in [-0.15, -0.1) is 0 Å². The van der Waals surface area contributed by atoms with Crippen LogP contribution in [0.2, 0.25) is 0 Å². The van der Waals surface area contributed by atoms with E-state index in [9.17, 15) is 43.2 Å². The SMILES string of the molecule is CC/C=C\C/C=C\C/C=C\C/C=C\C/C=C\C/C=C\CCC(=O)OCC(COP(=O)(O)OCC(O)COP(=O)(O)OCC(COC(=O)CCCCC/C=C\C/C=C\C/C=C\C/C=C\C/C=C\CC)OC(=O)CCCCCCCCC/C=C\C/C=C\C/C=C\CC)OC(=O)CCCCCCCCCCCCCCC. The van der Waals surface area contributed by atoms with Gasteiger partial charge in [0.1, 0.15) is 19.3 Å². The minimum Gasteiger partial charge on any atom is -0.462 e. The Hall–Kier alpha value is -5.58. The molecule has 0 aliphatic heterocycles. The van der Waals surface area contributed by atoms with Gasteiger partial charge in [0.15, 0.2) is 12.2 Å². The molecule has 614 valence electrons. The van der Waals surface area contributed by atoms with E-state index in [1.165, 1.54) is 51.4 Å². The Morgan fingerprint density at radius 1 is 0.269 bits per heavy atom. The molecular weight excluding hydrogens is 1400 g/mol. The van der Waals surface area contributed by atoms with Gasteiger partial charge >= 0.3 is 39.5 Å². The molecule has 108 heavy (non-hydrogen) atoms. The summed E-state index contributed by atoms with van der Waals surface area (Å²) >= 11 is 0. The van der Waals surface area contributed by atoms with E-state index in [4.69, 9.17) is 37.0 Å². The summed E-state index contributed by atoms with van der Waals surface area (Å²) in [5.74, 6) is -2.32. The summed E-state index contributed by atoms with van der Waals surface area (Å²) in [6.45, 7) is 4.41. The van der Waals surface area contributed by atoms with Crippen molar-refractivity contribution in [1.82, 2.24) is 0 Å². The lowest BCUT2D eigenvalue weighted by Crippen LogP contribution is -2.30. The highest BCUT2D eigenvalue weighted by atomic mass is 31.2. The molecule has 0 aliphatic carbocycles. The van der Waals surface area contributed by atoms with Gasteiger partial charge in [0.05, 0.1) is 26.4 Å². The quantitative estimate of drug-likeness (QED) is 0.0169. The van der Waals surface area contributed by atoms with E-state index in [0.717, 1.165) is 173 Å². The van der Waals surface area contributed by atoms with Crippen LogP contribution < -0.4 is 0 Å². The summed E-state index contributed by atoms with van der Waals surface area (Å²) in [7, 11) is -10.0. The lowest BCUT2D eigenvalue weighted by atomic mass is 10.0. The Kier molecular flexibility index (Phi) is 75.4. The Morgan fingerprint density at radius 3 is 0.806 bits per heavy atom. The Bertz CT molecular complexity index is 2710. The number of aliphatic hydroxyl groups excluding tert-OH is 1. The summed E-state index contributed by atoms with van der Waals surface area (Å²) in [5, 5.41) is 10.7. The minimum absolute atomic E-state index is 0.0326. The maximum atomic E-state index is 13.1. The standard InChI is InChI=1S/C89H146O17P2/c1-5-9-13-17-21-25-29-33-36-39-41-44-46-50-53-57-61-65-69-73-86(91)99-79-84(105-88(93)75-71-67-63-59-55-49-32-28-24-20-16-12-8-4)81-103-107(95,96)101-77-83(90)78-102-108(97,98)104-82-85(106-89(94)76-72-68-64-60-56-52-48-43-38-35-31-27-23-19-15-11-7-3)80-100-87(92)74-70-66-62-58-54-51-47-45-42-40-37-34-30-26-22-18-14-10-6-2/h9-11,13-15,21-23,25-27,33-38,41-42,44-45,50-51,53-54,61,65,83-85,90H,5-8,12,16-20,24,28-32,39-40,43,46-49,52,55-60,62-64,66-82H2,1-4H3,(H,95,96)(H,97,98)/b13-9-,14-10-,15-11-,25-21-,26-22-,27-23-,36-33-,37-34-,38-35-,44-41-,45-42-,53-50-,54-51-,65-61-. The molecule has 3 N–H and O–H groups in total. The molecule has 5 atom stereocenters. The highest BCUT2D eigenvalue weighted by molar-refractivity contribution is 7.47. The lowest BCUT2D eigenvalue weighted by Gasteiger charge is -2.21. The van der Waals surface area contributed by atoms with E-state index < -0.39 is 97.5 Å². The third kappa shape index (κ3) is 78.5. The number of aliphatic hydroxyl groups is 1. The zero-order valence-corrected chi connectivity index (χ0v) is 69.0. The number of hydrogen-bond acceptors (Lipinski definition) is 15. The molecule has 0 fully saturated rings. The minimum atomic E-state index is -5.00. The zero-order chi connectivity index (χ0) is 78.9. The summed E-state index contributed by atoms with van der Waals surface area (Å²) in [6.07, 6.45) is 94.8. The van der Waals surface area contributed by atoms with E-state index in [-0.39, 0.29) is 25.7 Å². The molecule has 0 saturated carbocycles. The average Bonchev–Trinajstić information content (AvgIpc) is 0.916. The van der Waals surface area contributed by atoms with Gasteiger partial charge in [0, 0.05) is 25.7 Å². The molecule has 0 rings (SSSR count). The number of unbranched alkanes of at least 4 members (excludes halogenated alkanes) is 22. The second-order valence-electron chi connectivity index (χ2n) is 26.9. The molecule has 0 bridgehead atoms. The van der Waals surface area contributed by atoms with E-state index in [1.807, 2.05) is 18.2 Å².